The molecular weight excluding hydrogens is 310 g/mol. The molecule has 0 radical (unpaired) electrons. The Morgan fingerprint density at radius 3 is 2.58 bits per heavy atom. The Morgan fingerprint density at radius 2 is 1.92 bits per heavy atom. The summed E-state index contributed by atoms with van der Waals surface area (Å²) < 4.78 is 1.38. The Labute approximate surface area is 139 Å². The molecule has 0 atom stereocenters. The van der Waals surface area contributed by atoms with Crippen LogP contribution in [0.2, 0.25) is 0 Å². The minimum Gasteiger partial charge on any atom is -0.388 e. The molecule has 0 bridgehead atoms. The summed E-state index contributed by atoms with van der Waals surface area (Å²) in [6, 6.07) is 6.76. The number of carbonyl (C=O) groups is 1. The molecule has 0 saturated heterocycles. The van der Waals surface area contributed by atoms with E-state index in [1.807, 2.05) is 13.8 Å². The number of carbonyl (C=O) groups excluding carboxylic acids is 1. The zero-order valence-electron chi connectivity index (χ0n) is 14.0. The Kier molecular flexibility index (Phi) is 5.56. The second-order valence-electron chi connectivity index (χ2n) is 5.89. The van der Waals surface area contributed by atoms with Gasteiger partial charge >= 0.3 is 5.69 Å². The number of rotatable bonds is 7. The molecule has 24 heavy (non-hydrogen) atoms. The van der Waals surface area contributed by atoms with Crippen LogP contribution in [0.3, 0.4) is 0 Å². The fourth-order valence-electron chi connectivity index (χ4n) is 2.53. The first-order chi connectivity index (χ1) is 11.4. The van der Waals surface area contributed by atoms with Crippen molar-refractivity contribution in [1.82, 2.24) is 14.9 Å². The molecule has 1 aromatic carbocycles. The molecule has 3 N–H and O–H groups in total. The number of aliphatic hydroxyl groups is 1. The van der Waals surface area contributed by atoms with Crippen molar-refractivity contribution >= 4 is 16.8 Å². The van der Waals surface area contributed by atoms with Crippen molar-refractivity contribution in [3.05, 3.63) is 45.1 Å². The molecule has 130 valence electrons. The smallest absolute Gasteiger partial charge is 0.328 e. The van der Waals surface area contributed by atoms with Crippen molar-refractivity contribution in [2.24, 2.45) is 0 Å². The Hall–Kier alpha value is -2.41. The van der Waals surface area contributed by atoms with Gasteiger partial charge in [0.15, 0.2) is 0 Å². The summed E-state index contributed by atoms with van der Waals surface area (Å²) in [7, 11) is 0. The Bertz CT molecular complexity index is 834. The number of amides is 1. The minimum atomic E-state index is -0.906. The van der Waals surface area contributed by atoms with Gasteiger partial charge in [-0.25, -0.2) is 4.79 Å². The maximum Gasteiger partial charge on any atom is 0.328 e. The largest absolute Gasteiger partial charge is 0.388 e. The van der Waals surface area contributed by atoms with Gasteiger partial charge in [0.25, 0.3) is 5.56 Å². The lowest BCUT2D eigenvalue weighted by Gasteiger charge is -2.25. The predicted octanol–water partition coefficient (Wildman–Crippen LogP) is 0.747. The van der Waals surface area contributed by atoms with Crippen molar-refractivity contribution in [1.29, 1.82) is 0 Å². The average Bonchev–Trinajstić information content (AvgIpc) is 2.59. The van der Waals surface area contributed by atoms with Gasteiger partial charge in [0.2, 0.25) is 5.91 Å². The van der Waals surface area contributed by atoms with Crippen LogP contribution in [0, 0.1) is 0 Å². The third-order valence-corrected chi connectivity index (χ3v) is 4.40. The summed E-state index contributed by atoms with van der Waals surface area (Å²) in [5.41, 5.74) is -1.38. The number of aryl methyl sites for hydroxylation is 1. The number of aromatic amines is 1. The quantitative estimate of drug-likeness (QED) is 0.695. The summed E-state index contributed by atoms with van der Waals surface area (Å²) >= 11 is 0. The van der Waals surface area contributed by atoms with Crippen LogP contribution in [-0.4, -0.2) is 32.7 Å². The molecule has 0 aliphatic carbocycles. The lowest BCUT2D eigenvalue weighted by Crippen LogP contribution is -2.42. The van der Waals surface area contributed by atoms with Gasteiger partial charge in [0, 0.05) is 19.5 Å². The summed E-state index contributed by atoms with van der Waals surface area (Å²) in [6.07, 6.45) is 1.18. The number of nitrogens with zero attached hydrogens (tertiary/aromatic N) is 1. The molecule has 7 heteroatoms. The third-order valence-electron chi connectivity index (χ3n) is 4.40. The minimum absolute atomic E-state index is 0.0828. The van der Waals surface area contributed by atoms with E-state index in [1.54, 1.807) is 24.3 Å². The van der Waals surface area contributed by atoms with Gasteiger partial charge in [-0.3, -0.25) is 19.1 Å². The van der Waals surface area contributed by atoms with Crippen LogP contribution in [0.15, 0.2) is 33.9 Å². The van der Waals surface area contributed by atoms with Gasteiger partial charge in [-0.2, -0.15) is 0 Å². The highest BCUT2D eigenvalue weighted by Crippen LogP contribution is 2.13. The second kappa shape index (κ2) is 7.44. The SMILES string of the molecule is CCC(O)(CC)CNC(=O)CCn1c(=O)[nH]c(=O)c2ccccc21. The van der Waals surface area contributed by atoms with Crippen LogP contribution in [0.1, 0.15) is 33.1 Å². The van der Waals surface area contributed by atoms with E-state index in [2.05, 4.69) is 10.3 Å². The highest BCUT2D eigenvalue weighted by atomic mass is 16.3. The van der Waals surface area contributed by atoms with E-state index in [4.69, 9.17) is 0 Å². The summed E-state index contributed by atoms with van der Waals surface area (Å²) in [5.74, 6) is -0.252. The van der Waals surface area contributed by atoms with Crippen molar-refractivity contribution in [3.63, 3.8) is 0 Å². The van der Waals surface area contributed by atoms with Crippen LogP contribution in [0.25, 0.3) is 10.9 Å². The standard InChI is InChI=1S/C17H23N3O4/c1-3-17(24,4-2)11-18-14(21)9-10-20-13-8-6-5-7-12(13)15(22)19-16(20)23/h5-8,24H,3-4,9-11H2,1-2H3,(H,18,21)(H,19,22,23). The average molecular weight is 333 g/mol. The van der Waals surface area contributed by atoms with Crippen molar-refractivity contribution in [3.8, 4) is 0 Å². The molecular formula is C17H23N3O4. The number of hydrogen-bond donors (Lipinski definition) is 3. The highest BCUT2D eigenvalue weighted by molar-refractivity contribution is 5.78. The van der Waals surface area contributed by atoms with Crippen molar-refractivity contribution < 1.29 is 9.90 Å². The fraction of sp³-hybridized carbons (Fsp3) is 0.471. The zero-order valence-corrected chi connectivity index (χ0v) is 14.0. The molecule has 7 nitrogen and oxygen atoms in total. The molecule has 0 aliphatic heterocycles. The number of benzene rings is 1. The molecule has 1 heterocycles. The van der Waals surface area contributed by atoms with Crippen LogP contribution in [-0.2, 0) is 11.3 Å². The Balaban J connectivity index is 2.10. The molecule has 0 unspecified atom stereocenters. The van der Waals surface area contributed by atoms with Gasteiger partial charge in [-0.15, -0.1) is 0 Å². The maximum absolute atomic E-state index is 12.0. The molecule has 2 rings (SSSR count). The van der Waals surface area contributed by atoms with Crippen LogP contribution in [0.4, 0.5) is 0 Å². The fourth-order valence-corrected chi connectivity index (χ4v) is 2.53. The van der Waals surface area contributed by atoms with Crippen LogP contribution < -0.4 is 16.6 Å². The normalized spacial score (nSPS) is 11.6. The summed E-state index contributed by atoms with van der Waals surface area (Å²) in [6.45, 7) is 4.06. The van der Waals surface area contributed by atoms with E-state index in [0.29, 0.717) is 23.7 Å². The number of nitrogens with one attached hydrogen (secondary N) is 2. The maximum atomic E-state index is 12.0. The van der Waals surface area contributed by atoms with Gasteiger partial charge in [0.1, 0.15) is 0 Å². The van der Waals surface area contributed by atoms with E-state index >= 15 is 0 Å². The van der Waals surface area contributed by atoms with E-state index in [-0.39, 0.29) is 25.4 Å². The number of hydrogen-bond acceptors (Lipinski definition) is 4. The number of H-pyrrole nitrogens is 1. The molecule has 2 aromatic rings. The van der Waals surface area contributed by atoms with E-state index < -0.39 is 16.9 Å². The lowest BCUT2D eigenvalue weighted by molar-refractivity contribution is -0.122. The monoisotopic (exact) mass is 333 g/mol. The third kappa shape index (κ3) is 3.91. The molecule has 0 spiro atoms. The molecule has 0 aliphatic rings. The molecule has 1 aromatic heterocycles. The first-order valence-electron chi connectivity index (χ1n) is 8.11. The first-order valence-corrected chi connectivity index (χ1v) is 8.11. The number of aromatic nitrogens is 2. The van der Waals surface area contributed by atoms with Crippen LogP contribution in [0.5, 0.6) is 0 Å². The topological polar surface area (TPSA) is 104 Å². The second-order valence-corrected chi connectivity index (χ2v) is 5.89. The molecule has 0 fully saturated rings. The predicted molar refractivity (Wildman–Crippen MR) is 92.0 cm³/mol. The van der Waals surface area contributed by atoms with Crippen molar-refractivity contribution in [2.45, 2.75) is 45.3 Å². The first kappa shape index (κ1) is 17.9. The molecule has 1 amide bonds. The van der Waals surface area contributed by atoms with E-state index in [0.717, 1.165) is 0 Å². The van der Waals surface area contributed by atoms with E-state index in [9.17, 15) is 19.5 Å². The van der Waals surface area contributed by atoms with Gasteiger partial charge in [-0.1, -0.05) is 26.0 Å². The van der Waals surface area contributed by atoms with Crippen LogP contribution >= 0.6 is 0 Å². The Morgan fingerprint density at radius 1 is 1.25 bits per heavy atom. The zero-order chi connectivity index (χ0) is 17.7. The van der Waals surface area contributed by atoms with Gasteiger partial charge in [0.05, 0.1) is 16.5 Å². The van der Waals surface area contributed by atoms with Crippen molar-refractivity contribution in [2.75, 3.05) is 6.54 Å². The lowest BCUT2D eigenvalue weighted by atomic mass is 9.97. The van der Waals surface area contributed by atoms with E-state index in [1.165, 1.54) is 4.57 Å². The number of fused-ring (bicyclic) bond motifs is 1. The van der Waals surface area contributed by atoms with Gasteiger partial charge in [-0.05, 0) is 25.0 Å². The number of para-hydroxylation sites is 1. The summed E-state index contributed by atoms with van der Waals surface area (Å²) in [5, 5.41) is 13.3. The molecule has 0 saturated carbocycles. The highest BCUT2D eigenvalue weighted by Gasteiger charge is 2.22. The van der Waals surface area contributed by atoms with Gasteiger partial charge < -0.3 is 10.4 Å². The summed E-state index contributed by atoms with van der Waals surface area (Å²) in [4.78, 5) is 38.1.